The SMILES string of the molecule is C.C.C.C.C.C.C.C.CC(C)CC(C)(C)O.CC(C)CC(C)(O)CO.CC(C)CC(C)(O)CO.CC(C)CC(O)CO.CC(C)CCO.CC(C)C[C@@H](O)CO.CC(C)C[C@H](O)CO. The molecule has 0 radical (unpaired) electrons. The van der Waals surface area contributed by atoms with Gasteiger partial charge in [-0.15, -0.1) is 0 Å². The molecule has 0 aromatic rings. The second-order valence-corrected chi connectivity index (χ2v) is 19.2. The van der Waals surface area contributed by atoms with E-state index in [1.807, 2.05) is 83.1 Å². The van der Waals surface area contributed by atoms with E-state index in [2.05, 4.69) is 27.7 Å². The molecule has 0 spiro atoms. The molecule has 12 nitrogen and oxygen atoms in total. The maximum atomic E-state index is 9.24. The summed E-state index contributed by atoms with van der Waals surface area (Å²) in [6, 6.07) is 0. The van der Waals surface area contributed by atoms with Crippen LogP contribution in [-0.4, -0.2) is 136 Å². The van der Waals surface area contributed by atoms with Crippen LogP contribution in [0.5, 0.6) is 0 Å². The quantitative estimate of drug-likeness (QED) is 0.0579. The molecule has 0 aliphatic rings. The molecule has 414 valence electrons. The lowest BCUT2D eigenvalue weighted by molar-refractivity contribution is -0.0144. The van der Waals surface area contributed by atoms with Gasteiger partial charge in [0.2, 0.25) is 0 Å². The lowest BCUT2D eigenvalue weighted by Crippen LogP contribution is -2.30. The van der Waals surface area contributed by atoms with Crippen molar-refractivity contribution in [1.82, 2.24) is 0 Å². The van der Waals surface area contributed by atoms with Gasteiger partial charge in [-0.25, -0.2) is 0 Å². The van der Waals surface area contributed by atoms with Crippen LogP contribution in [0.4, 0.5) is 0 Å². The second-order valence-electron chi connectivity index (χ2n) is 19.2. The van der Waals surface area contributed by atoms with Crippen molar-refractivity contribution in [3.05, 3.63) is 0 Å². The van der Waals surface area contributed by atoms with Crippen molar-refractivity contribution in [2.45, 2.75) is 264 Å². The van der Waals surface area contributed by atoms with Gasteiger partial charge in [0.25, 0.3) is 0 Å². The molecule has 0 aromatic carbocycles. The van der Waals surface area contributed by atoms with Crippen LogP contribution in [0.15, 0.2) is 0 Å². The monoisotopic (exact) mass is 951 g/mol. The highest BCUT2D eigenvalue weighted by Crippen LogP contribution is 2.16. The van der Waals surface area contributed by atoms with E-state index in [9.17, 15) is 15.3 Å². The zero-order chi connectivity index (χ0) is 46.5. The molecule has 0 aliphatic heterocycles. The standard InChI is InChI=1S/2C7H16O2.C7H16O.3C6H14O2.C5H12O.8CH4/c2*1-6(2)4-7(3,9)5-8;1-6(2)5-7(3,4)8;3*1-5(2)3-6(8)4-7;1-5(2)3-4-6;;;;;;;;/h2*6,8-9H,4-5H2,1-3H3;6,8H,5H2,1-4H3;3*5-8H,3-4H2,1-2H3;5-6H,3-4H2,1-2H3;8*1H4/t;;;2*6-;;;;;;;;;;/m...10........../s1. The van der Waals surface area contributed by atoms with E-state index in [1.165, 1.54) is 0 Å². The minimum atomic E-state index is -0.881. The number of aliphatic hydroxyl groups is 12. The molecule has 0 heterocycles. The van der Waals surface area contributed by atoms with E-state index in [4.69, 9.17) is 46.0 Å². The van der Waals surface area contributed by atoms with Crippen LogP contribution in [0.3, 0.4) is 0 Å². The minimum absolute atomic E-state index is 0. The van der Waals surface area contributed by atoms with Gasteiger partial charge in [-0.3, -0.25) is 0 Å². The lowest BCUT2D eigenvalue weighted by atomic mass is 9.95. The van der Waals surface area contributed by atoms with E-state index in [0.717, 1.165) is 12.8 Å². The van der Waals surface area contributed by atoms with E-state index < -0.39 is 35.1 Å². The third-order valence-electron chi connectivity index (χ3n) is 6.85. The van der Waals surface area contributed by atoms with Crippen LogP contribution in [0.1, 0.15) is 229 Å². The molecule has 0 saturated heterocycles. The molecule has 0 rings (SSSR count). The Hall–Kier alpha value is -0.480. The summed E-state index contributed by atoms with van der Waals surface area (Å²) < 4.78 is 0. The highest BCUT2D eigenvalue weighted by Gasteiger charge is 2.20. The predicted octanol–water partition coefficient (Wildman–Crippen LogP) is 10.6. The van der Waals surface area contributed by atoms with Gasteiger partial charge < -0.3 is 61.3 Å². The summed E-state index contributed by atoms with van der Waals surface area (Å²) in [6.07, 6.45) is 3.64. The fourth-order valence-electron chi connectivity index (χ4n) is 5.00. The van der Waals surface area contributed by atoms with Crippen molar-refractivity contribution < 1.29 is 61.3 Å². The van der Waals surface area contributed by atoms with Gasteiger partial charge in [0.1, 0.15) is 0 Å². The molecule has 12 N–H and O–H groups in total. The summed E-state index contributed by atoms with van der Waals surface area (Å²) in [5, 5.41) is 104. The molecule has 5 atom stereocenters. The Morgan fingerprint density at radius 2 is 0.531 bits per heavy atom. The fourth-order valence-corrected chi connectivity index (χ4v) is 5.00. The first-order valence-corrected chi connectivity index (χ1v) is 21.0. The summed E-state index contributed by atoms with van der Waals surface area (Å²) in [4.78, 5) is 0. The molecular formula is C52H134O12. The van der Waals surface area contributed by atoms with Crippen LogP contribution < -0.4 is 0 Å². The third-order valence-corrected chi connectivity index (χ3v) is 6.85. The Morgan fingerprint density at radius 1 is 0.328 bits per heavy atom. The van der Waals surface area contributed by atoms with Crippen molar-refractivity contribution in [2.75, 3.05) is 39.6 Å². The Bertz CT molecular complexity index is 677. The van der Waals surface area contributed by atoms with Crippen LogP contribution in [0.25, 0.3) is 0 Å². The maximum Gasteiger partial charge on any atom is 0.0851 e. The smallest absolute Gasteiger partial charge is 0.0851 e. The van der Waals surface area contributed by atoms with E-state index in [-0.39, 0.29) is 92.4 Å². The Labute approximate surface area is 405 Å². The highest BCUT2D eigenvalue weighted by molar-refractivity contribution is 4.72. The molecule has 12 heteroatoms. The minimum Gasteiger partial charge on any atom is -0.396 e. The lowest BCUT2D eigenvalue weighted by Gasteiger charge is -2.21. The average molecular weight is 952 g/mol. The summed E-state index contributed by atoms with van der Waals surface area (Å²) >= 11 is 0. The number of hydrogen-bond acceptors (Lipinski definition) is 12. The van der Waals surface area contributed by atoms with Gasteiger partial charge in [0.05, 0.1) is 68.1 Å². The molecule has 0 amide bonds. The number of aliphatic hydroxyl groups excluding tert-OH is 9. The van der Waals surface area contributed by atoms with E-state index in [1.54, 1.807) is 13.8 Å². The molecule has 0 aliphatic carbocycles. The summed E-state index contributed by atoms with van der Waals surface area (Å²) in [5.74, 6) is 3.52. The van der Waals surface area contributed by atoms with E-state index in [0.29, 0.717) is 80.1 Å². The number of hydrogen-bond donors (Lipinski definition) is 12. The van der Waals surface area contributed by atoms with Crippen LogP contribution in [0, 0.1) is 41.4 Å². The van der Waals surface area contributed by atoms with Crippen LogP contribution >= 0.6 is 0 Å². The molecular weight excluding hydrogens is 817 g/mol. The Balaban J connectivity index is -0.0000000331. The van der Waals surface area contributed by atoms with Crippen molar-refractivity contribution in [3.63, 3.8) is 0 Å². The predicted molar refractivity (Wildman–Crippen MR) is 288 cm³/mol. The summed E-state index contributed by atoms with van der Waals surface area (Å²) in [6.45, 7) is 35.2. The molecule has 0 aromatic heterocycles. The average Bonchev–Trinajstić information content (AvgIpc) is 2.99. The van der Waals surface area contributed by atoms with Crippen molar-refractivity contribution in [3.8, 4) is 0 Å². The first kappa shape index (κ1) is 105. The molecule has 0 fully saturated rings. The molecule has 3 unspecified atom stereocenters. The topological polar surface area (TPSA) is 243 Å². The zero-order valence-electron chi connectivity index (χ0n) is 39.8. The fraction of sp³-hybridized carbons (Fsp3) is 1.00. The van der Waals surface area contributed by atoms with Gasteiger partial charge in [0.15, 0.2) is 0 Å². The largest absolute Gasteiger partial charge is 0.396 e. The van der Waals surface area contributed by atoms with Gasteiger partial charge in [0, 0.05) is 6.61 Å². The molecule has 0 bridgehead atoms. The van der Waals surface area contributed by atoms with Crippen molar-refractivity contribution in [2.24, 2.45) is 41.4 Å². The van der Waals surface area contributed by atoms with Crippen molar-refractivity contribution in [1.29, 1.82) is 0 Å². The van der Waals surface area contributed by atoms with Gasteiger partial charge >= 0.3 is 0 Å². The summed E-state index contributed by atoms with van der Waals surface area (Å²) in [7, 11) is 0. The van der Waals surface area contributed by atoms with Crippen LogP contribution in [-0.2, 0) is 0 Å². The number of rotatable bonds is 19. The van der Waals surface area contributed by atoms with Crippen molar-refractivity contribution >= 4 is 0 Å². The van der Waals surface area contributed by atoms with Crippen LogP contribution in [0.2, 0.25) is 0 Å². The highest BCUT2D eigenvalue weighted by atomic mass is 16.3. The molecule has 64 heavy (non-hydrogen) atoms. The first-order valence-electron chi connectivity index (χ1n) is 21.0. The Morgan fingerprint density at radius 3 is 0.562 bits per heavy atom. The third kappa shape index (κ3) is 131. The normalized spacial score (nSPS) is 13.1. The van der Waals surface area contributed by atoms with Gasteiger partial charge in [-0.05, 0) is 114 Å². The zero-order valence-corrected chi connectivity index (χ0v) is 39.8. The van der Waals surface area contributed by atoms with Gasteiger partial charge in [-0.2, -0.15) is 0 Å². The summed E-state index contributed by atoms with van der Waals surface area (Å²) in [5.41, 5.74) is -2.24. The Kier molecular flexibility index (Phi) is 106. The maximum absolute atomic E-state index is 9.24. The van der Waals surface area contributed by atoms with Gasteiger partial charge in [-0.1, -0.05) is 156 Å². The van der Waals surface area contributed by atoms with E-state index >= 15 is 0 Å². The second kappa shape index (κ2) is 64.6. The first-order chi connectivity index (χ1) is 25.1. The molecule has 0 saturated carbocycles.